The van der Waals surface area contributed by atoms with E-state index in [4.69, 9.17) is 11.6 Å². The van der Waals surface area contributed by atoms with Crippen molar-refractivity contribution in [3.05, 3.63) is 28.8 Å². The lowest BCUT2D eigenvalue weighted by atomic mass is 10.1. The Labute approximate surface area is 93.7 Å². The number of benzene rings is 1. The monoisotopic (exact) mass is 224 g/mol. The van der Waals surface area contributed by atoms with E-state index in [1.807, 2.05) is 12.1 Å². The summed E-state index contributed by atoms with van der Waals surface area (Å²) < 4.78 is 0. The summed E-state index contributed by atoms with van der Waals surface area (Å²) >= 11 is 6.08. The smallest absolute Gasteiger partial charge is 0.106 e. The first-order valence-corrected chi connectivity index (χ1v) is 5.31. The highest BCUT2D eigenvalue weighted by Gasteiger charge is 2.23. The summed E-state index contributed by atoms with van der Waals surface area (Å²) in [4.78, 5) is 0. The van der Waals surface area contributed by atoms with Gasteiger partial charge in [0.2, 0.25) is 0 Å². The van der Waals surface area contributed by atoms with Crippen molar-refractivity contribution in [2.75, 3.05) is 7.05 Å². The topological polar surface area (TPSA) is 48.8 Å². The Morgan fingerprint density at radius 3 is 2.80 bits per heavy atom. The first-order chi connectivity index (χ1) is 7.31. The third-order valence-electron chi connectivity index (χ3n) is 2.34. The molecule has 2 rings (SSSR count). The first-order valence-electron chi connectivity index (χ1n) is 4.93. The number of nitrogens with one attached hydrogen (secondary N) is 2. The van der Waals surface area contributed by atoms with Gasteiger partial charge in [0.15, 0.2) is 0 Å². The van der Waals surface area contributed by atoms with Gasteiger partial charge in [0.05, 0.1) is 5.02 Å². The fourth-order valence-electron chi connectivity index (χ4n) is 1.40. The summed E-state index contributed by atoms with van der Waals surface area (Å²) in [5, 5.41) is 8.28. The zero-order valence-electron chi connectivity index (χ0n) is 8.50. The summed E-state index contributed by atoms with van der Waals surface area (Å²) in [5.41, 5.74) is 7.16. The third-order valence-corrected chi connectivity index (χ3v) is 2.64. The fourth-order valence-corrected chi connectivity index (χ4v) is 1.63. The highest BCUT2D eigenvalue weighted by atomic mass is 35.5. The van der Waals surface area contributed by atoms with E-state index in [0.717, 1.165) is 0 Å². The van der Waals surface area contributed by atoms with Crippen LogP contribution in [0.4, 0.5) is 5.69 Å². The minimum Gasteiger partial charge on any atom is -0.224 e. The van der Waals surface area contributed by atoms with E-state index in [-0.39, 0.29) is 0 Å². The number of hydrazine groups is 1. The molecule has 0 saturated heterocycles. The van der Waals surface area contributed by atoms with Crippen molar-refractivity contribution in [1.29, 1.82) is 0 Å². The average Bonchev–Trinajstić information content (AvgIpc) is 3.04. The normalized spacial score (nSPS) is 15.9. The van der Waals surface area contributed by atoms with Gasteiger partial charge in [-0.2, -0.15) is 0 Å². The number of hydrogen-bond donors (Lipinski definition) is 2. The summed E-state index contributed by atoms with van der Waals surface area (Å²) in [6.07, 6.45) is 2.55. The van der Waals surface area contributed by atoms with Crippen LogP contribution in [-0.4, -0.2) is 7.05 Å². The SMILES string of the molecule is CNNN=Nc1ccc(C2CC2)cc1Cl. The summed E-state index contributed by atoms with van der Waals surface area (Å²) in [6, 6.07) is 5.95. The van der Waals surface area contributed by atoms with Crippen LogP contribution in [0, 0.1) is 0 Å². The second-order valence-corrected chi connectivity index (χ2v) is 3.95. The van der Waals surface area contributed by atoms with Crippen LogP contribution in [0.3, 0.4) is 0 Å². The molecule has 1 aromatic carbocycles. The standard InChI is InChI=1S/C10H13ClN4/c1-12-14-15-13-10-5-4-8(6-9(10)11)7-2-3-7/h4-7H,2-3H2,1H3,(H,12,15)(H,13,14). The zero-order valence-corrected chi connectivity index (χ0v) is 9.25. The molecule has 1 aromatic rings. The van der Waals surface area contributed by atoms with Gasteiger partial charge in [-0.3, -0.25) is 0 Å². The molecule has 1 fully saturated rings. The van der Waals surface area contributed by atoms with Crippen LogP contribution in [-0.2, 0) is 0 Å². The van der Waals surface area contributed by atoms with Crippen molar-refractivity contribution >= 4 is 17.3 Å². The van der Waals surface area contributed by atoms with Crippen LogP contribution in [0.15, 0.2) is 28.5 Å². The number of halogens is 1. The second kappa shape index (κ2) is 4.59. The molecule has 2 N–H and O–H groups in total. The quantitative estimate of drug-likeness (QED) is 0.610. The van der Waals surface area contributed by atoms with Crippen molar-refractivity contribution in [3.63, 3.8) is 0 Å². The summed E-state index contributed by atoms with van der Waals surface area (Å²) in [6.45, 7) is 0. The first kappa shape index (κ1) is 10.4. The summed E-state index contributed by atoms with van der Waals surface area (Å²) in [7, 11) is 1.72. The van der Waals surface area contributed by atoms with E-state index >= 15 is 0 Å². The van der Waals surface area contributed by atoms with E-state index in [0.29, 0.717) is 16.6 Å². The molecule has 4 nitrogen and oxygen atoms in total. The molecule has 1 aliphatic carbocycles. The minimum atomic E-state index is 0.654. The molecule has 0 atom stereocenters. The lowest BCUT2D eigenvalue weighted by Gasteiger charge is -2.01. The van der Waals surface area contributed by atoms with Gasteiger partial charge in [-0.05, 0) is 36.5 Å². The molecule has 0 amide bonds. The Morgan fingerprint density at radius 2 is 2.20 bits per heavy atom. The van der Waals surface area contributed by atoms with E-state index in [1.54, 1.807) is 7.05 Å². The lowest BCUT2D eigenvalue weighted by molar-refractivity contribution is 0.601. The molecule has 0 unspecified atom stereocenters. The van der Waals surface area contributed by atoms with E-state index in [1.165, 1.54) is 18.4 Å². The van der Waals surface area contributed by atoms with Crippen molar-refractivity contribution < 1.29 is 0 Å². The molecule has 5 heteroatoms. The van der Waals surface area contributed by atoms with Gasteiger partial charge in [-0.25, -0.2) is 11.0 Å². The second-order valence-electron chi connectivity index (χ2n) is 3.55. The third kappa shape index (κ3) is 2.67. The van der Waals surface area contributed by atoms with Gasteiger partial charge in [0, 0.05) is 7.05 Å². The van der Waals surface area contributed by atoms with Crippen LogP contribution >= 0.6 is 11.6 Å². The van der Waals surface area contributed by atoms with Crippen LogP contribution in [0.1, 0.15) is 24.3 Å². The van der Waals surface area contributed by atoms with Crippen molar-refractivity contribution in [2.45, 2.75) is 18.8 Å². The van der Waals surface area contributed by atoms with Crippen molar-refractivity contribution in [2.24, 2.45) is 10.3 Å². The van der Waals surface area contributed by atoms with E-state index < -0.39 is 0 Å². The Hall–Kier alpha value is -1.13. The maximum atomic E-state index is 6.08. The Morgan fingerprint density at radius 1 is 1.40 bits per heavy atom. The predicted molar refractivity (Wildman–Crippen MR) is 60.1 cm³/mol. The van der Waals surface area contributed by atoms with E-state index in [2.05, 4.69) is 27.4 Å². The maximum Gasteiger partial charge on any atom is 0.106 e. The molecule has 0 radical (unpaired) electrons. The van der Waals surface area contributed by atoms with Crippen molar-refractivity contribution in [3.8, 4) is 0 Å². The molecule has 80 valence electrons. The molecule has 0 aliphatic heterocycles. The number of hydrogen-bond acceptors (Lipinski definition) is 3. The molecular formula is C10H13ClN4. The molecular weight excluding hydrogens is 212 g/mol. The van der Waals surface area contributed by atoms with E-state index in [9.17, 15) is 0 Å². The summed E-state index contributed by atoms with van der Waals surface area (Å²) in [5.74, 6) is 0.712. The Bertz CT molecular complexity index is 374. The van der Waals surface area contributed by atoms with Crippen molar-refractivity contribution in [1.82, 2.24) is 11.0 Å². The molecule has 1 aliphatic rings. The molecule has 0 aromatic heterocycles. The van der Waals surface area contributed by atoms with Crippen LogP contribution in [0.2, 0.25) is 5.02 Å². The molecule has 1 saturated carbocycles. The fraction of sp³-hybridized carbons (Fsp3) is 0.400. The van der Waals surface area contributed by atoms with Gasteiger partial charge < -0.3 is 0 Å². The van der Waals surface area contributed by atoms with Crippen LogP contribution in [0.5, 0.6) is 0 Å². The average molecular weight is 225 g/mol. The van der Waals surface area contributed by atoms with Crippen LogP contribution < -0.4 is 11.0 Å². The lowest BCUT2D eigenvalue weighted by Crippen LogP contribution is -2.20. The number of rotatable bonds is 4. The van der Waals surface area contributed by atoms with Gasteiger partial charge >= 0.3 is 0 Å². The van der Waals surface area contributed by atoms with Gasteiger partial charge in [-0.1, -0.05) is 22.9 Å². The predicted octanol–water partition coefficient (Wildman–Crippen LogP) is 2.94. The molecule has 0 spiro atoms. The van der Waals surface area contributed by atoms with Gasteiger partial charge in [0.25, 0.3) is 0 Å². The maximum absolute atomic E-state index is 6.08. The highest BCUT2D eigenvalue weighted by molar-refractivity contribution is 6.33. The Kier molecular flexibility index (Phi) is 3.18. The highest BCUT2D eigenvalue weighted by Crippen LogP contribution is 2.42. The number of nitrogens with zero attached hydrogens (tertiary/aromatic N) is 2. The van der Waals surface area contributed by atoms with Gasteiger partial charge in [0.1, 0.15) is 5.69 Å². The largest absolute Gasteiger partial charge is 0.224 e. The molecule has 0 bridgehead atoms. The Balaban J connectivity index is 2.11. The zero-order chi connectivity index (χ0) is 10.7. The minimum absolute atomic E-state index is 0.654. The van der Waals surface area contributed by atoms with Gasteiger partial charge in [-0.15, -0.1) is 5.11 Å². The molecule has 15 heavy (non-hydrogen) atoms. The van der Waals surface area contributed by atoms with Crippen LogP contribution in [0.25, 0.3) is 0 Å². The molecule has 0 heterocycles.